The van der Waals surface area contributed by atoms with Crippen LogP contribution in [0.2, 0.25) is 0 Å². The maximum Gasteiger partial charge on any atom is 0.161 e. The van der Waals surface area contributed by atoms with E-state index in [4.69, 9.17) is 14.2 Å². The van der Waals surface area contributed by atoms with Crippen molar-refractivity contribution in [1.29, 1.82) is 0 Å². The number of rotatable bonds is 9. The van der Waals surface area contributed by atoms with Gasteiger partial charge in [-0.15, -0.1) is 0 Å². The lowest BCUT2D eigenvalue weighted by Crippen LogP contribution is -2.31. The minimum Gasteiger partial charge on any atom is -0.493 e. The van der Waals surface area contributed by atoms with Crippen LogP contribution in [-0.4, -0.2) is 57.1 Å². The van der Waals surface area contributed by atoms with Crippen molar-refractivity contribution < 1.29 is 19.3 Å². The molecule has 1 aromatic rings. The van der Waals surface area contributed by atoms with E-state index in [0.29, 0.717) is 25.0 Å². The van der Waals surface area contributed by atoms with Gasteiger partial charge in [-0.3, -0.25) is 4.90 Å². The number of aliphatic hydroxyl groups excluding tert-OH is 1. The highest BCUT2D eigenvalue weighted by molar-refractivity contribution is 5.44. The van der Waals surface area contributed by atoms with Gasteiger partial charge in [0, 0.05) is 32.2 Å². The fourth-order valence-electron chi connectivity index (χ4n) is 3.84. The molecule has 25 heavy (non-hydrogen) atoms. The second-order valence-corrected chi connectivity index (χ2v) is 7.20. The molecular formula is C20H33NO4. The molecular weight excluding hydrogens is 318 g/mol. The topological polar surface area (TPSA) is 51.2 Å². The second-order valence-electron chi connectivity index (χ2n) is 7.20. The third-order valence-electron chi connectivity index (χ3n) is 5.31. The van der Waals surface area contributed by atoms with Crippen molar-refractivity contribution in [3.05, 3.63) is 23.8 Å². The first kappa shape index (κ1) is 20.0. The lowest BCUT2D eigenvalue weighted by atomic mass is 9.84. The largest absolute Gasteiger partial charge is 0.493 e. The maximum atomic E-state index is 9.71. The number of likely N-dealkylation sites (tertiary alicyclic amines) is 1. The summed E-state index contributed by atoms with van der Waals surface area (Å²) >= 11 is 0. The predicted molar refractivity (Wildman–Crippen MR) is 99.3 cm³/mol. The van der Waals surface area contributed by atoms with E-state index in [1.807, 2.05) is 6.07 Å². The SMILES string of the molecule is COCCCOc1cc([C@H]2[C@H](C(C)C)C[C@@H](CO)N2C)ccc1OC. The summed E-state index contributed by atoms with van der Waals surface area (Å²) < 4.78 is 16.5. The maximum absolute atomic E-state index is 9.71. The van der Waals surface area contributed by atoms with Gasteiger partial charge < -0.3 is 19.3 Å². The molecule has 1 aliphatic heterocycles. The number of ether oxygens (including phenoxy) is 3. The van der Waals surface area contributed by atoms with Crippen LogP contribution < -0.4 is 9.47 Å². The lowest BCUT2D eigenvalue weighted by molar-refractivity contribution is 0.149. The molecule has 0 bridgehead atoms. The van der Waals surface area contributed by atoms with Gasteiger partial charge in [0.25, 0.3) is 0 Å². The number of aliphatic hydroxyl groups is 1. The first-order valence-corrected chi connectivity index (χ1v) is 9.15. The Morgan fingerprint density at radius 2 is 1.96 bits per heavy atom. The van der Waals surface area contributed by atoms with Gasteiger partial charge in [0.15, 0.2) is 11.5 Å². The van der Waals surface area contributed by atoms with Gasteiger partial charge in [0.05, 0.1) is 20.3 Å². The van der Waals surface area contributed by atoms with Crippen LogP contribution in [0, 0.1) is 11.8 Å². The summed E-state index contributed by atoms with van der Waals surface area (Å²) in [6.07, 6.45) is 1.86. The molecule has 1 saturated heterocycles. The van der Waals surface area contributed by atoms with Crippen molar-refractivity contribution in [2.45, 2.75) is 38.8 Å². The molecule has 1 aliphatic rings. The van der Waals surface area contributed by atoms with Crippen molar-refractivity contribution in [1.82, 2.24) is 4.90 Å². The van der Waals surface area contributed by atoms with Gasteiger partial charge in [-0.1, -0.05) is 19.9 Å². The van der Waals surface area contributed by atoms with Crippen molar-refractivity contribution in [2.75, 3.05) is 41.1 Å². The zero-order chi connectivity index (χ0) is 18.4. The summed E-state index contributed by atoms with van der Waals surface area (Å²) in [5.41, 5.74) is 1.22. The van der Waals surface area contributed by atoms with E-state index in [0.717, 1.165) is 24.3 Å². The molecule has 0 saturated carbocycles. The number of hydrogen-bond acceptors (Lipinski definition) is 5. The molecule has 0 aliphatic carbocycles. The molecule has 0 aromatic heterocycles. The minimum absolute atomic E-state index is 0.201. The minimum atomic E-state index is 0.201. The van der Waals surface area contributed by atoms with E-state index in [9.17, 15) is 5.11 Å². The summed E-state index contributed by atoms with van der Waals surface area (Å²) in [5.74, 6) is 2.59. The molecule has 0 radical (unpaired) electrons. The third-order valence-corrected chi connectivity index (χ3v) is 5.31. The van der Waals surface area contributed by atoms with E-state index in [-0.39, 0.29) is 18.7 Å². The van der Waals surface area contributed by atoms with Crippen LogP contribution in [-0.2, 0) is 4.74 Å². The number of nitrogens with zero attached hydrogens (tertiary/aromatic N) is 1. The number of methoxy groups -OCH3 is 2. The van der Waals surface area contributed by atoms with Crippen LogP contribution in [0.15, 0.2) is 18.2 Å². The highest BCUT2D eigenvalue weighted by atomic mass is 16.5. The van der Waals surface area contributed by atoms with Crippen LogP contribution in [0.5, 0.6) is 11.5 Å². The highest BCUT2D eigenvalue weighted by Gasteiger charge is 2.40. The normalized spacial score (nSPS) is 24.0. The van der Waals surface area contributed by atoms with Crippen LogP contribution in [0.3, 0.4) is 0 Å². The molecule has 5 heteroatoms. The molecule has 5 nitrogen and oxygen atoms in total. The molecule has 0 amide bonds. The Balaban J connectivity index is 2.24. The Morgan fingerprint density at radius 3 is 2.56 bits per heavy atom. The predicted octanol–water partition coefficient (Wildman–Crippen LogP) is 3.12. The zero-order valence-corrected chi connectivity index (χ0v) is 16.2. The standard InChI is InChI=1S/C20H33NO4/c1-14(2)17-12-16(13-22)21(3)20(17)15-7-8-18(24-5)19(11-15)25-10-6-9-23-4/h7-8,11,14,16-17,20,22H,6,9-10,12-13H2,1-5H3/t16-,17-,20-/m0/s1. The van der Waals surface area contributed by atoms with E-state index < -0.39 is 0 Å². The van der Waals surface area contributed by atoms with E-state index in [1.54, 1.807) is 14.2 Å². The van der Waals surface area contributed by atoms with Gasteiger partial charge in [0.2, 0.25) is 0 Å². The Hall–Kier alpha value is -1.30. The number of benzene rings is 1. The molecule has 1 N–H and O–H groups in total. The lowest BCUT2D eigenvalue weighted by Gasteiger charge is -2.29. The Morgan fingerprint density at radius 1 is 1.20 bits per heavy atom. The average Bonchev–Trinajstić information content (AvgIpc) is 2.95. The number of likely N-dealkylation sites (N-methyl/N-ethyl adjacent to an activating group) is 1. The smallest absolute Gasteiger partial charge is 0.161 e. The summed E-state index contributed by atoms with van der Waals surface area (Å²) in [4.78, 5) is 2.31. The molecule has 1 aromatic carbocycles. The van der Waals surface area contributed by atoms with Crippen LogP contribution in [0.1, 0.15) is 38.3 Å². The van der Waals surface area contributed by atoms with Crippen molar-refractivity contribution in [3.8, 4) is 11.5 Å². The fourth-order valence-corrected chi connectivity index (χ4v) is 3.84. The monoisotopic (exact) mass is 351 g/mol. The van der Waals surface area contributed by atoms with E-state index >= 15 is 0 Å². The fraction of sp³-hybridized carbons (Fsp3) is 0.700. The van der Waals surface area contributed by atoms with Gasteiger partial charge in [-0.2, -0.15) is 0 Å². The van der Waals surface area contributed by atoms with Crippen LogP contribution >= 0.6 is 0 Å². The Bertz CT molecular complexity index is 534. The molecule has 142 valence electrons. The van der Waals surface area contributed by atoms with Gasteiger partial charge >= 0.3 is 0 Å². The summed E-state index contributed by atoms with van der Waals surface area (Å²) in [6, 6.07) is 6.70. The molecule has 1 heterocycles. The molecule has 1 fully saturated rings. The van der Waals surface area contributed by atoms with Gasteiger partial charge in [-0.05, 0) is 43.0 Å². The first-order valence-electron chi connectivity index (χ1n) is 9.15. The molecule has 0 unspecified atom stereocenters. The van der Waals surface area contributed by atoms with Crippen molar-refractivity contribution in [3.63, 3.8) is 0 Å². The van der Waals surface area contributed by atoms with Crippen LogP contribution in [0.25, 0.3) is 0 Å². The average molecular weight is 351 g/mol. The van der Waals surface area contributed by atoms with Gasteiger partial charge in [-0.25, -0.2) is 0 Å². The molecule has 3 atom stereocenters. The van der Waals surface area contributed by atoms with Gasteiger partial charge in [0.1, 0.15) is 0 Å². The quantitative estimate of drug-likeness (QED) is 0.693. The van der Waals surface area contributed by atoms with E-state index in [2.05, 4.69) is 37.9 Å². The zero-order valence-electron chi connectivity index (χ0n) is 16.2. The molecule has 2 rings (SSSR count). The highest BCUT2D eigenvalue weighted by Crippen LogP contribution is 2.45. The third kappa shape index (κ3) is 4.66. The summed E-state index contributed by atoms with van der Waals surface area (Å²) in [6.45, 7) is 6.00. The number of hydrogen-bond donors (Lipinski definition) is 1. The molecule has 0 spiro atoms. The summed E-state index contributed by atoms with van der Waals surface area (Å²) in [7, 11) is 5.47. The first-order chi connectivity index (χ1) is 12.0. The van der Waals surface area contributed by atoms with Crippen molar-refractivity contribution >= 4 is 0 Å². The van der Waals surface area contributed by atoms with Crippen molar-refractivity contribution in [2.24, 2.45) is 11.8 Å². The second kappa shape index (κ2) is 9.41. The Labute approximate surface area is 151 Å². The van der Waals surface area contributed by atoms with E-state index in [1.165, 1.54) is 5.56 Å². The Kier molecular flexibility index (Phi) is 7.54. The summed E-state index contributed by atoms with van der Waals surface area (Å²) in [5, 5.41) is 9.71. The van der Waals surface area contributed by atoms with Crippen LogP contribution in [0.4, 0.5) is 0 Å².